The van der Waals surface area contributed by atoms with Gasteiger partial charge in [0.25, 0.3) is 0 Å². The third-order valence-corrected chi connectivity index (χ3v) is 6.75. The lowest BCUT2D eigenvalue weighted by Crippen LogP contribution is -2.44. The Morgan fingerprint density at radius 2 is 2.03 bits per heavy atom. The SMILES string of the molecule is Cl.Cl.NC(=O)C1CCCN1Cc1cccc(NC(=O)[C@@]23CCCC[C@H]2CNC3)c1. The van der Waals surface area contributed by atoms with E-state index in [2.05, 4.69) is 15.5 Å². The maximum atomic E-state index is 13.1. The number of halogens is 2. The number of hydrogen-bond donors (Lipinski definition) is 3. The van der Waals surface area contributed by atoms with Crippen molar-refractivity contribution < 1.29 is 9.59 Å². The lowest BCUT2D eigenvalue weighted by molar-refractivity contribution is -0.128. The maximum absolute atomic E-state index is 13.1. The highest BCUT2D eigenvalue weighted by Gasteiger charge is 2.49. The van der Waals surface area contributed by atoms with Crippen LogP contribution in [0.15, 0.2) is 24.3 Å². The van der Waals surface area contributed by atoms with Gasteiger partial charge >= 0.3 is 0 Å². The number of nitrogens with one attached hydrogen (secondary N) is 2. The van der Waals surface area contributed by atoms with Gasteiger partial charge in [-0.15, -0.1) is 24.8 Å². The van der Waals surface area contributed by atoms with Crippen molar-refractivity contribution >= 4 is 42.3 Å². The van der Waals surface area contributed by atoms with Crippen LogP contribution in [0.4, 0.5) is 5.69 Å². The Balaban J connectivity index is 0.00000150. The number of primary amides is 1. The van der Waals surface area contributed by atoms with E-state index in [0.29, 0.717) is 12.5 Å². The quantitative estimate of drug-likeness (QED) is 0.653. The molecule has 29 heavy (non-hydrogen) atoms. The van der Waals surface area contributed by atoms with E-state index >= 15 is 0 Å². The average Bonchev–Trinajstić information content (AvgIpc) is 3.29. The molecule has 162 valence electrons. The monoisotopic (exact) mass is 442 g/mol. The van der Waals surface area contributed by atoms with Gasteiger partial charge in [0.2, 0.25) is 11.8 Å². The summed E-state index contributed by atoms with van der Waals surface area (Å²) in [7, 11) is 0. The Labute approximate surface area is 185 Å². The van der Waals surface area contributed by atoms with Gasteiger partial charge in [-0.25, -0.2) is 0 Å². The van der Waals surface area contributed by atoms with Gasteiger partial charge < -0.3 is 16.4 Å². The molecule has 3 aliphatic rings. The second-order valence-corrected chi connectivity index (χ2v) is 8.42. The van der Waals surface area contributed by atoms with Crippen LogP contribution in [0.3, 0.4) is 0 Å². The predicted octanol–water partition coefficient (Wildman–Crippen LogP) is 2.70. The van der Waals surface area contributed by atoms with Crippen LogP contribution in [0.25, 0.3) is 0 Å². The van der Waals surface area contributed by atoms with Crippen LogP contribution in [-0.4, -0.2) is 42.4 Å². The molecular formula is C21H32Cl2N4O2. The van der Waals surface area contributed by atoms with E-state index in [0.717, 1.165) is 63.0 Å². The molecule has 1 aromatic carbocycles. The summed E-state index contributed by atoms with van der Waals surface area (Å²) in [4.78, 5) is 26.9. The highest BCUT2D eigenvalue weighted by Crippen LogP contribution is 2.44. The Bertz CT molecular complexity index is 732. The normalized spacial score (nSPS) is 28.7. The molecule has 1 saturated carbocycles. The van der Waals surface area contributed by atoms with Gasteiger partial charge in [0.05, 0.1) is 11.5 Å². The molecule has 0 spiro atoms. The van der Waals surface area contributed by atoms with E-state index in [1.807, 2.05) is 24.3 Å². The number of benzene rings is 1. The second-order valence-electron chi connectivity index (χ2n) is 8.42. The standard InChI is InChI=1S/C21H30N4O2.2ClH/c22-19(26)18-8-4-10-25(18)13-15-5-3-7-17(11-15)24-20(27)21-9-2-1-6-16(21)12-23-14-21;;/h3,5,7,11,16,18,23H,1-2,4,6,8-10,12-14H2,(H2,22,26)(H,24,27);2*1H/t16-,18?,21+;;/m0../s1. The van der Waals surface area contributed by atoms with Crippen LogP contribution >= 0.6 is 24.8 Å². The third-order valence-electron chi connectivity index (χ3n) is 6.75. The zero-order valence-electron chi connectivity index (χ0n) is 16.7. The summed E-state index contributed by atoms with van der Waals surface area (Å²) in [5.41, 5.74) is 7.22. The van der Waals surface area contributed by atoms with E-state index in [9.17, 15) is 9.59 Å². The summed E-state index contributed by atoms with van der Waals surface area (Å²) in [6, 6.07) is 7.84. The average molecular weight is 443 g/mol. The molecule has 8 heteroatoms. The number of nitrogens with two attached hydrogens (primary N) is 1. The minimum Gasteiger partial charge on any atom is -0.368 e. The number of anilines is 1. The lowest BCUT2D eigenvalue weighted by atomic mass is 9.67. The smallest absolute Gasteiger partial charge is 0.234 e. The first-order valence-corrected chi connectivity index (χ1v) is 10.2. The van der Waals surface area contributed by atoms with Crippen molar-refractivity contribution in [1.82, 2.24) is 10.2 Å². The molecule has 6 nitrogen and oxygen atoms in total. The van der Waals surface area contributed by atoms with Crippen LogP contribution in [-0.2, 0) is 16.1 Å². The first-order valence-electron chi connectivity index (χ1n) is 10.2. The number of hydrogen-bond acceptors (Lipinski definition) is 4. The van der Waals surface area contributed by atoms with Gasteiger partial charge in [-0.3, -0.25) is 14.5 Å². The number of amides is 2. The van der Waals surface area contributed by atoms with E-state index < -0.39 is 0 Å². The van der Waals surface area contributed by atoms with E-state index in [-0.39, 0.29) is 48.1 Å². The number of carbonyl (C=O) groups is 2. The third kappa shape index (κ3) is 4.88. The van der Waals surface area contributed by atoms with Gasteiger partial charge in [0.15, 0.2) is 0 Å². The number of rotatable bonds is 5. The number of nitrogens with zero attached hydrogens (tertiary/aromatic N) is 1. The van der Waals surface area contributed by atoms with E-state index in [4.69, 9.17) is 5.73 Å². The van der Waals surface area contributed by atoms with E-state index in [1.165, 1.54) is 6.42 Å². The summed E-state index contributed by atoms with van der Waals surface area (Å²) in [6.45, 7) is 3.32. The summed E-state index contributed by atoms with van der Waals surface area (Å²) >= 11 is 0. The lowest BCUT2D eigenvalue weighted by Gasteiger charge is -2.37. The zero-order valence-corrected chi connectivity index (χ0v) is 18.3. The molecular weight excluding hydrogens is 411 g/mol. The summed E-state index contributed by atoms with van der Waals surface area (Å²) in [6.07, 6.45) is 6.32. The van der Waals surface area contributed by atoms with Crippen LogP contribution in [0, 0.1) is 11.3 Å². The minimum absolute atomic E-state index is 0. The fraction of sp³-hybridized carbons (Fsp3) is 0.619. The Morgan fingerprint density at radius 3 is 2.83 bits per heavy atom. The van der Waals surface area contributed by atoms with Crippen LogP contribution in [0.2, 0.25) is 0 Å². The zero-order chi connectivity index (χ0) is 18.9. The number of fused-ring (bicyclic) bond motifs is 1. The Morgan fingerprint density at radius 1 is 1.21 bits per heavy atom. The molecule has 1 aliphatic carbocycles. The molecule has 4 N–H and O–H groups in total. The van der Waals surface area contributed by atoms with Gasteiger partial charge in [0.1, 0.15) is 0 Å². The highest BCUT2D eigenvalue weighted by molar-refractivity contribution is 5.96. The van der Waals surface area contributed by atoms with Crippen molar-refractivity contribution in [3.05, 3.63) is 29.8 Å². The van der Waals surface area contributed by atoms with Gasteiger partial charge in [-0.1, -0.05) is 25.0 Å². The maximum Gasteiger partial charge on any atom is 0.234 e. The van der Waals surface area contributed by atoms with Gasteiger partial charge in [-0.05, 0) is 62.4 Å². The first kappa shape index (κ1) is 23.9. The van der Waals surface area contributed by atoms with Crippen LogP contribution < -0.4 is 16.4 Å². The molecule has 1 unspecified atom stereocenters. The van der Waals surface area contributed by atoms with Crippen LogP contribution in [0.5, 0.6) is 0 Å². The largest absolute Gasteiger partial charge is 0.368 e. The second kappa shape index (κ2) is 10.1. The van der Waals surface area contributed by atoms with Crippen molar-refractivity contribution in [2.75, 3.05) is 25.0 Å². The van der Waals surface area contributed by atoms with Crippen molar-refractivity contribution in [3.63, 3.8) is 0 Å². The molecule has 2 amide bonds. The molecule has 4 rings (SSSR count). The molecule has 0 radical (unpaired) electrons. The topological polar surface area (TPSA) is 87.5 Å². The molecule has 0 bridgehead atoms. The summed E-state index contributed by atoms with van der Waals surface area (Å²) < 4.78 is 0. The number of likely N-dealkylation sites (tertiary alicyclic amines) is 1. The minimum atomic E-state index is -0.250. The summed E-state index contributed by atoms with van der Waals surface area (Å²) in [5.74, 6) is 0.369. The molecule has 2 aliphatic heterocycles. The fourth-order valence-corrected chi connectivity index (χ4v) is 5.27. The van der Waals surface area contributed by atoms with Crippen LogP contribution in [0.1, 0.15) is 44.1 Å². The fourth-order valence-electron chi connectivity index (χ4n) is 5.27. The molecule has 0 aromatic heterocycles. The van der Waals surface area contributed by atoms with E-state index in [1.54, 1.807) is 0 Å². The predicted molar refractivity (Wildman–Crippen MR) is 119 cm³/mol. The van der Waals surface area contributed by atoms with Gasteiger partial charge in [0, 0.05) is 18.8 Å². The van der Waals surface area contributed by atoms with Gasteiger partial charge in [-0.2, -0.15) is 0 Å². The van der Waals surface area contributed by atoms with Crippen molar-refractivity contribution in [2.24, 2.45) is 17.1 Å². The Hall–Kier alpha value is -1.34. The highest BCUT2D eigenvalue weighted by atomic mass is 35.5. The van der Waals surface area contributed by atoms with Crippen molar-refractivity contribution in [3.8, 4) is 0 Å². The first-order chi connectivity index (χ1) is 13.1. The molecule has 3 atom stereocenters. The molecule has 3 fully saturated rings. The molecule has 2 heterocycles. The Kier molecular flexibility index (Phi) is 8.35. The number of carbonyl (C=O) groups excluding carboxylic acids is 2. The van der Waals surface area contributed by atoms with Crippen molar-refractivity contribution in [2.45, 2.75) is 51.1 Å². The van der Waals surface area contributed by atoms with Crippen molar-refractivity contribution in [1.29, 1.82) is 0 Å². The summed E-state index contributed by atoms with van der Waals surface area (Å²) in [5, 5.41) is 6.62. The molecule has 2 saturated heterocycles. The molecule has 1 aromatic rings.